The Bertz CT molecular complexity index is 4520. The van der Waals surface area contributed by atoms with Crippen molar-refractivity contribution in [3.63, 3.8) is 0 Å². The van der Waals surface area contributed by atoms with E-state index >= 15 is 0 Å². The van der Waals surface area contributed by atoms with Gasteiger partial charge in [0.1, 0.15) is 0 Å². The topological polar surface area (TPSA) is 0 Å². The first-order valence-corrected chi connectivity index (χ1v) is 27.6. The third-order valence-electron chi connectivity index (χ3n) is 18.3. The SMILES string of the molecule is c1ccc2c(c1)sc1c(-c3ccc4c5c(cccc35)C35c6cccc7c(-c8cccc9c8sc8ccccc89)ccc(c67)C36c3ccc(-c7cccc8c7sc7ccccc78)c7cccc(c37)C456)cccc12. The molecule has 0 N–H and O–H groups in total. The maximum atomic E-state index is 2.59. The van der Waals surface area contributed by atoms with Crippen LogP contribution in [0.2, 0.25) is 0 Å². The van der Waals surface area contributed by atoms with Crippen LogP contribution in [-0.4, -0.2) is 0 Å². The average Bonchev–Trinajstić information content (AvgIpc) is 4.16. The molecular weight excluding hydrogens is 925 g/mol. The molecule has 0 amide bonds. The van der Waals surface area contributed by atoms with Crippen molar-refractivity contribution in [1.82, 2.24) is 0 Å². The van der Waals surface area contributed by atoms with Gasteiger partial charge in [-0.15, -0.1) is 34.0 Å². The van der Waals surface area contributed by atoms with Crippen LogP contribution >= 0.6 is 34.0 Å². The van der Waals surface area contributed by atoms with Crippen LogP contribution in [0.5, 0.6) is 0 Å². The van der Waals surface area contributed by atoms with Crippen molar-refractivity contribution in [3.05, 3.63) is 252 Å². The summed E-state index contributed by atoms with van der Waals surface area (Å²) >= 11 is 5.80. The largest absolute Gasteiger partial charge is 0.135 e. The molecule has 15 aromatic rings. The van der Waals surface area contributed by atoms with E-state index in [0.717, 1.165) is 0 Å². The molecule has 1 saturated carbocycles. The van der Waals surface area contributed by atoms with Gasteiger partial charge in [-0.25, -0.2) is 0 Å². The first kappa shape index (κ1) is 37.8. The van der Waals surface area contributed by atoms with Crippen LogP contribution in [0.1, 0.15) is 33.4 Å². The molecule has 0 aliphatic heterocycles. The van der Waals surface area contributed by atoms with Gasteiger partial charge in [0.25, 0.3) is 0 Å². The summed E-state index contributed by atoms with van der Waals surface area (Å²) in [4.78, 5) is 0. The molecule has 19 rings (SSSR count). The van der Waals surface area contributed by atoms with Gasteiger partial charge >= 0.3 is 0 Å². The molecule has 0 radical (unpaired) electrons. The van der Waals surface area contributed by atoms with Crippen LogP contribution in [0.25, 0.3) is 126 Å². The van der Waals surface area contributed by atoms with Crippen molar-refractivity contribution >= 4 is 127 Å². The highest BCUT2D eigenvalue weighted by Crippen LogP contribution is 2.95. The standard InChI is InChI=1S/C69H36S3/c1-4-28-58-40(13-1)49-22-7-19-46(64(49)70-58)37-31-34-55-61-43(37)16-10-25-52(61)67-53-26-11-17-44-38(47-20-8-23-50-41-14-2-5-29-59(41)71-65(47)50)32-35-56(62(44)53)69(67)57-36-33-39(45-18-12-27-54(63(45)57)68(55,67)69)48-21-9-24-51-42-15-3-6-30-60(42)72-66(48)51/h1-36H. The molecule has 3 unspecified atom stereocenters. The lowest BCUT2D eigenvalue weighted by atomic mass is 9.75. The van der Waals surface area contributed by atoms with Gasteiger partial charge in [0.15, 0.2) is 0 Å². The van der Waals surface area contributed by atoms with Gasteiger partial charge in [0.05, 0.1) is 16.2 Å². The van der Waals surface area contributed by atoms with E-state index in [1.807, 2.05) is 34.0 Å². The van der Waals surface area contributed by atoms with Gasteiger partial charge in [0, 0.05) is 77.2 Å². The molecule has 1 fully saturated rings. The average molecular weight is 961 g/mol. The monoisotopic (exact) mass is 960 g/mol. The summed E-state index contributed by atoms with van der Waals surface area (Å²) in [5.74, 6) is 0. The van der Waals surface area contributed by atoms with Gasteiger partial charge in [-0.3, -0.25) is 0 Å². The molecule has 12 aromatic carbocycles. The van der Waals surface area contributed by atoms with E-state index in [9.17, 15) is 0 Å². The molecule has 3 aromatic heterocycles. The van der Waals surface area contributed by atoms with Crippen molar-refractivity contribution in [1.29, 1.82) is 0 Å². The molecule has 330 valence electrons. The molecule has 3 atom stereocenters. The summed E-state index contributed by atoms with van der Waals surface area (Å²) in [5, 5.41) is 16.5. The van der Waals surface area contributed by atoms with E-state index in [-0.39, 0.29) is 16.2 Å². The highest BCUT2D eigenvalue weighted by molar-refractivity contribution is 7.27. The highest BCUT2D eigenvalue weighted by atomic mass is 32.1. The van der Waals surface area contributed by atoms with Crippen molar-refractivity contribution in [2.24, 2.45) is 0 Å². The highest BCUT2D eigenvalue weighted by Gasteiger charge is 2.96. The zero-order chi connectivity index (χ0) is 46.4. The number of thiophene rings is 3. The normalized spacial score (nSPS) is 19.8. The second-order valence-electron chi connectivity index (χ2n) is 20.8. The fourth-order valence-electron chi connectivity index (χ4n) is 16.1. The third kappa shape index (κ3) is 3.86. The number of hydrogen-bond acceptors (Lipinski definition) is 3. The predicted molar refractivity (Wildman–Crippen MR) is 309 cm³/mol. The van der Waals surface area contributed by atoms with E-state index in [0.29, 0.717) is 0 Å². The van der Waals surface area contributed by atoms with Crippen LogP contribution in [0.3, 0.4) is 0 Å². The first-order valence-electron chi connectivity index (χ1n) is 25.2. The number of benzene rings is 12. The Balaban J connectivity index is 0.931. The van der Waals surface area contributed by atoms with Crippen molar-refractivity contribution < 1.29 is 0 Å². The molecule has 3 heteroatoms. The predicted octanol–water partition coefficient (Wildman–Crippen LogP) is 19.5. The summed E-state index contributed by atoms with van der Waals surface area (Å²) in [6, 6.07) is 85.0. The van der Waals surface area contributed by atoms with E-state index < -0.39 is 0 Å². The Morgan fingerprint density at radius 3 is 0.792 bits per heavy atom. The zero-order valence-corrected chi connectivity index (χ0v) is 41.0. The van der Waals surface area contributed by atoms with Gasteiger partial charge < -0.3 is 0 Å². The molecule has 0 saturated heterocycles. The maximum absolute atomic E-state index is 2.59. The number of hydrogen-bond donors (Lipinski definition) is 0. The van der Waals surface area contributed by atoms with E-state index in [1.165, 1.54) is 160 Å². The van der Waals surface area contributed by atoms with Crippen molar-refractivity contribution in [3.8, 4) is 33.4 Å². The quantitative estimate of drug-likeness (QED) is 0.166. The van der Waals surface area contributed by atoms with Crippen LogP contribution in [0, 0.1) is 0 Å². The Hall–Kier alpha value is -7.92. The summed E-state index contributed by atoms with van der Waals surface area (Å²) in [6.07, 6.45) is 0. The summed E-state index contributed by atoms with van der Waals surface area (Å²) in [5.41, 5.74) is 15.9. The van der Waals surface area contributed by atoms with Gasteiger partial charge in [-0.2, -0.15) is 0 Å². The van der Waals surface area contributed by atoms with Crippen molar-refractivity contribution in [2.45, 2.75) is 16.2 Å². The molecule has 0 nitrogen and oxygen atoms in total. The second-order valence-corrected chi connectivity index (χ2v) is 23.9. The van der Waals surface area contributed by atoms with Crippen LogP contribution in [0.4, 0.5) is 0 Å². The second kappa shape index (κ2) is 12.6. The summed E-state index contributed by atoms with van der Waals surface area (Å²) in [6.45, 7) is 0. The van der Waals surface area contributed by atoms with E-state index in [4.69, 9.17) is 0 Å². The minimum Gasteiger partial charge on any atom is -0.135 e. The molecule has 4 aliphatic carbocycles. The molecule has 0 bridgehead atoms. The lowest BCUT2D eigenvalue weighted by molar-refractivity contribution is 0.735. The summed E-state index contributed by atoms with van der Waals surface area (Å²) in [7, 11) is 0. The van der Waals surface area contributed by atoms with Gasteiger partial charge in [-0.05, 0) is 101 Å². The summed E-state index contributed by atoms with van der Waals surface area (Å²) < 4.78 is 8.13. The van der Waals surface area contributed by atoms with Crippen LogP contribution < -0.4 is 0 Å². The Morgan fingerprint density at radius 1 is 0.194 bits per heavy atom. The Labute approximate surface area is 425 Å². The van der Waals surface area contributed by atoms with E-state index in [2.05, 4.69) is 218 Å². The van der Waals surface area contributed by atoms with E-state index in [1.54, 1.807) is 0 Å². The number of rotatable bonds is 3. The first-order chi connectivity index (χ1) is 35.7. The van der Waals surface area contributed by atoms with Gasteiger partial charge in [-0.1, -0.05) is 200 Å². The smallest absolute Gasteiger partial charge is 0.0515 e. The number of fused-ring (bicyclic) bond motifs is 9. The Morgan fingerprint density at radius 2 is 0.458 bits per heavy atom. The third-order valence-corrected chi connectivity index (χ3v) is 21.9. The van der Waals surface area contributed by atoms with Crippen LogP contribution in [0.15, 0.2) is 218 Å². The molecular formula is C69H36S3. The molecule has 4 aliphatic rings. The molecule has 3 spiro atoms. The Kier molecular flexibility index (Phi) is 6.61. The van der Waals surface area contributed by atoms with Crippen molar-refractivity contribution in [2.75, 3.05) is 0 Å². The fourth-order valence-corrected chi connectivity index (χ4v) is 19.8. The maximum Gasteiger partial charge on any atom is 0.0515 e. The van der Waals surface area contributed by atoms with Gasteiger partial charge in [0.2, 0.25) is 0 Å². The minimum absolute atomic E-state index is 0.331. The minimum atomic E-state index is -0.331. The fraction of sp³-hybridized carbons (Fsp3) is 0.0435. The lowest BCUT2D eigenvalue weighted by Crippen LogP contribution is -2.21. The molecule has 3 heterocycles. The lowest BCUT2D eigenvalue weighted by Gasteiger charge is -2.26. The molecule has 72 heavy (non-hydrogen) atoms. The van der Waals surface area contributed by atoms with Crippen LogP contribution in [-0.2, 0) is 16.2 Å². The zero-order valence-electron chi connectivity index (χ0n) is 38.5.